The summed E-state index contributed by atoms with van der Waals surface area (Å²) in [6, 6.07) is 9.86. The number of halogens is 1. The molecule has 2 aromatic carbocycles. The molecule has 0 saturated carbocycles. The number of hydrogen-bond donors (Lipinski definition) is 2. The summed E-state index contributed by atoms with van der Waals surface area (Å²) in [4.78, 5) is 24.7. The number of ether oxygens (including phenoxy) is 2. The zero-order valence-corrected chi connectivity index (χ0v) is 17.1. The minimum Gasteiger partial charge on any atom is -0.490 e. The fourth-order valence-electron chi connectivity index (χ4n) is 2.51. The van der Waals surface area contributed by atoms with Crippen molar-refractivity contribution in [3.8, 4) is 11.5 Å². The van der Waals surface area contributed by atoms with Gasteiger partial charge in [0.1, 0.15) is 0 Å². The molecule has 0 atom stereocenters. The number of rotatable bonds is 9. The predicted molar refractivity (Wildman–Crippen MR) is 111 cm³/mol. The van der Waals surface area contributed by atoms with Gasteiger partial charge in [0.05, 0.1) is 18.2 Å². The highest BCUT2D eigenvalue weighted by atomic mass is 35.5. The standard InChI is InChI=1S/C21H25ClN2O4/c1-4-10-28-19-17(22)12-15(13-18(19)27-6-3)21(26)24-16-9-7-8-14(11-16)20(25)23-5-2/h7-9,11-13H,4-6,10H2,1-3H3,(H,23,25)(H,24,26). The third-order valence-electron chi connectivity index (χ3n) is 3.74. The van der Waals surface area contributed by atoms with E-state index in [1.54, 1.807) is 30.3 Å². The Kier molecular flexibility index (Phi) is 8.14. The fourth-order valence-corrected chi connectivity index (χ4v) is 2.78. The van der Waals surface area contributed by atoms with Gasteiger partial charge in [0.15, 0.2) is 11.5 Å². The molecule has 0 heterocycles. The molecule has 2 amide bonds. The Balaban J connectivity index is 2.24. The molecular weight excluding hydrogens is 380 g/mol. The second-order valence-corrected chi connectivity index (χ2v) is 6.37. The Bertz CT molecular complexity index is 839. The van der Waals surface area contributed by atoms with Crippen LogP contribution >= 0.6 is 11.6 Å². The van der Waals surface area contributed by atoms with Gasteiger partial charge < -0.3 is 20.1 Å². The van der Waals surface area contributed by atoms with E-state index in [-0.39, 0.29) is 11.8 Å². The van der Waals surface area contributed by atoms with E-state index >= 15 is 0 Å². The SMILES string of the molecule is CCCOc1c(Cl)cc(C(=O)Nc2cccc(C(=O)NCC)c2)cc1OCC. The number of amides is 2. The molecule has 2 rings (SSSR count). The van der Waals surface area contributed by atoms with E-state index in [0.717, 1.165) is 6.42 Å². The maximum Gasteiger partial charge on any atom is 0.255 e. The van der Waals surface area contributed by atoms with Crippen LogP contribution in [0.2, 0.25) is 5.02 Å². The molecule has 0 fully saturated rings. The number of benzene rings is 2. The van der Waals surface area contributed by atoms with Crippen LogP contribution in [0.25, 0.3) is 0 Å². The molecule has 28 heavy (non-hydrogen) atoms. The molecule has 0 aromatic heterocycles. The van der Waals surface area contributed by atoms with Crippen molar-refractivity contribution >= 4 is 29.1 Å². The van der Waals surface area contributed by atoms with E-state index in [2.05, 4.69) is 10.6 Å². The minimum absolute atomic E-state index is 0.197. The van der Waals surface area contributed by atoms with E-state index in [1.807, 2.05) is 20.8 Å². The molecule has 0 aliphatic rings. The Morgan fingerprint density at radius 2 is 1.79 bits per heavy atom. The lowest BCUT2D eigenvalue weighted by atomic mass is 10.1. The van der Waals surface area contributed by atoms with Gasteiger partial charge >= 0.3 is 0 Å². The molecule has 2 N–H and O–H groups in total. The quantitative estimate of drug-likeness (QED) is 0.643. The molecule has 2 aromatic rings. The lowest BCUT2D eigenvalue weighted by Crippen LogP contribution is -2.22. The maximum absolute atomic E-state index is 12.7. The Labute approximate surface area is 170 Å². The van der Waals surface area contributed by atoms with Crippen molar-refractivity contribution in [3.05, 3.63) is 52.5 Å². The number of nitrogens with one attached hydrogen (secondary N) is 2. The van der Waals surface area contributed by atoms with Crippen molar-refractivity contribution in [2.75, 3.05) is 25.1 Å². The van der Waals surface area contributed by atoms with Crippen molar-refractivity contribution in [3.63, 3.8) is 0 Å². The van der Waals surface area contributed by atoms with Crippen molar-refractivity contribution in [1.29, 1.82) is 0 Å². The monoisotopic (exact) mass is 404 g/mol. The molecule has 0 saturated heterocycles. The van der Waals surface area contributed by atoms with Crippen LogP contribution in [0.15, 0.2) is 36.4 Å². The molecule has 150 valence electrons. The molecule has 7 heteroatoms. The van der Waals surface area contributed by atoms with Crippen molar-refractivity contribution < 1.29 is 19.1 Å². The van der Waals surface area contributed by atoms with Gasteiger partial charge in [0, 0.05) is 23.4 Å². The predicted octanol–water partition coefficient (Wildman–Crippen LogP) is 4.53. The van der Waals surface area contributed by atoms with Gasteiger partial charge in [-0.2, -0.15) is 0 Å². The van der Waals surface area contributed by atoms with Gasteiger partial charge in [-0.05, 0) is 50.6 Å². The van der Waals surface area contributed by atoms with Crippen LogP contribution in [0.3, 0.4) is 0 Å². The minimum atomic E-state index is -0.363. The first kappa shape index (κ1) is 21.6. The van der Waals surface area contributed by atoms with Crippen LogP contribution in [0.1, 0.15) is 47.9 Å². The van der Waals surface area contributed by atoms with Gasteiger partial charge in [0.25, 0.3) is 11.8 Å². The molecular formula is C21H25ClN2O4. The average molecular weight is 405 g/mol. The first-order valence-electron chi connectivity index (χ1n) is 9.28. The third-order valence-corrected chi connectivity index (χ3v) is 4.02. The summed E-state index contributed by atoms with van der Waals surface area (Å²) in [5.74, 6) is 0.292. The number of hydrogen-bond acceptors (Lipinski definition) is 4. The van der Waals surface area contributed by atoms with Gasteiger partial charge in [-0.25, -0.2) is 0 Å². The van der Waals surface area contributed by atoms with Crippen LogP contribution in [-0.4, -0.2) is 31.6 Å². The first-order valence-corrected chi connectivity index (χ1v) is 9.66. The highest BCUT2D eigenvalue weighted by Gasteiger charge is 2.17. The highest BCUT2D eigenvalue weighted by Crippen LogP contribution is 2.37. The molecule has 0 aliphatic heterocycles. The molecule has 6 nitrogen and oxygen atoms in total. The number of carbonyl (C=O) groups excluding carboxylic acids is 2. The second-order valence-electron chi connectivity index (χ2n) is 5.96. The highest BCUT2D eigenvalue weighted by molar-refractivity contribution is 6.32. The van der Waals surface area contributed by atoms with Crippen molar-refractivity contribution in [1.82, 2.24) is 5.32 Å². The fraction of sp³-hybridized carbons (Fsp3) is 0.333. The van der Waals surface area contributed by atoms with Crippen LogP contribution in [-0.2, 0) is 0 Å². The Morgan fingerprint density at radius 1 is 1.00 bits per heavy atom. The Hall–Kier alpha value is -2.73. The largest absolute Gasteiger partial charge is 0.490 e. The molecule has 0 spiro atoms. The van der Waals surface area contributed by atoms with Crippen molar-refractivity contribution in [2.45, 2.75) is 27.2 Å². The van der Waals surface area contributed by atoms with Gasteiger partial charge in [0.2, 0.25) is 0 Å². The zero-order valence-electron chi connectivity index (χ0n) is 16.3. The smallest absolute Gasteiger partial charge is 0.255 e. The molecule has 0 unspecified atom stereocenters. The van der Waals surface area contributed by atoms with E-state index in [0.29, 0.717) is 53.1 Å². The van der Waals surface area contributed by atoms with E-state index in [1.165, 1.54) is 6.07 Å². The van der Waals surface area contributed by atoms with Crippen LogP contribution in [0.5, 0.6) is 11.5 Å². The van der Waals surface area contributed by atoms with Crippen LogP contribution < -0.4 is 20.1 Å². The van der Waals surface area contributed by atoms with Crippen LogP contribution in [0, 0.1) is 0 Å². The summed E-state index contributed by atoms with van der Waals surface area (Å²) in [5.41, 5.74) is 1.31. The maximum atomic E-state index is 12.7. The summed E-state index contributed by atoms with van der Waals surface area (Å²) in [7, 11) is 0. The second kappa shape index (κ2) is 10.6. The summed E-state index contributed by atoms with van der Waals surface area (Å²) in [5, 5.41) is 5.81. The summed E-state index contributed by atoms with van der Waals surface area (Å²) in [6.07, 6.45) is 0.825. The van der Waals surface area contributed by atoms with E-state index in [9.17, 15) is 9.59 Å². The van der Waals surface area contributed by atoms with E-state index in [4.69, 9.17) is 21.1 Å². The third kappa shape index (κ3) is 5.63. The lowest BCUT2D eigenvalue weighted by Gasteiger charge is -2.15. The topological polar surface area (TPSA) is 76.7 Å². The lowest BCUT2D eigenvalue weighted by molar-refractivity contribution is 0.0954. The summed E-state index contributed by atoms with van der Waals surface area (Å²) < 4.78 is 11.2. The van der Waals surface area contributed by atoms with Crippen molar-refractivity contribution in [2.24, 2.45) is 0 Å². The average Bonchev–Trinajstić information content (AvgIpc) is 2.68. The Morgan fingerprint density at radius 3 is 2.46 bits per heavy atom. The van der Waals surface area contributed by atoms with Gasteiger partial charge in [-0.3, -0.25) is 9.59 Å². The molecule has 0 radical (unpaired) electrons. The summed E-state index contributed by atoms with van der Waals surface area (Å²) >= 11 is 6.32. The first-order chi connectivity index (χ1) is 13.5. The molecule has 0 bridgehead atoms. The van der Waals surface area contributed by atoms with Gasteiger partial charge in [-0.15, -0.1) is 0 Å². The van der Waals surface area contributed by atoms with E-state index < -0.39 is 0 Å². The summed E-state index contributed by atoms with van der Waals surface area (Å²) in [6.45, 7) is 7.12. The zero-order chi connectivity index (χ0) is 20.5. The number of anilines is 1. The van der Waals surface area contributed by atoms with Gasteiger partial charge in [-0.1, -0.05) is 24.6 Å². The normalized spacial score (nSPS) is 10.3. The number of carbonyl (C=O) groups is 2. The molecule has 0 aliphatic carbocycles. The van der Waals surface area contributed by atoms with Crippen LogP contribution in [0.4, 0.5) is 5.69 Å².